The van der Waals surface area contributed by atoms with Gasteiger partial charge < -0.3 is 10.4 Å². The number of aliphatic hydroxyl groups excluding tert-OH is 1. The lowest BCUT2D eigenvalue weighted by Gasteiger charge is -2.23. The first-order valence-electron chi connectivity index (χ1n) is 4.71. The van der Waals surface area contributed by atoms with Gasteiger partial charge in [0.2, 0.25) is 5.91 Å². The van der Waals surface area contributed by atoms with Crippen LogP contribution in [0.3, 0.4) is 0 Å². The molecule has 0 aromatic heterocycles. The van der Waals surface area contributed by atoms with Gasteiger partial charge in [-0.15, -0.1) is 0 Å². The molecule has 0 aromatic carbocycles. The molecular formula is C10H19NO2. The van der Waals surface area contributed by atoms with Crippen molar-refractivity contribution in [1.82, 2.24) is 5.32 Å². The van der Waals surface area contributed by atoms with Gasteiger partial charge in [-0.1, -0.05) is 13.8 Å². The van der Waals surface area contributed by atoms with Gasteiger partial charge in [0.15, 0.2) is 0 Å². The van der Waals surface area contributed by atoms with Gasteiger partial charge in [0.25, 0.3) is 0 Å². The Bertz CT molecular complexity index is 221. The predicted molar refractivity (Wildman–Crippen MR) is 51.2 cm³/mol. The molecule has 13 heavy (non-hydrogen) atoms. The fourth-order valence-corrected chi connectivity index (χ4v) is 1.37. The van der Waals surface area contributed by atoms with Gasteiger partial charge in [0, 0.05) is 5.92 Å². The molecule has 1 aliphatic carbocycles. The third-order valence-electron chi connectivity index (χ3n) is 2.69. The van der Waals surface area contributed by atoms with E-state index in [4.69, 9.17) is 5.11 Å². The quantitative estimate of drug-likeness (QED) is 0.687. The molecule has 1 atom stereocenters. The number of hydrogen-bond donors (Lipinski definition) is 2. The summed E-state index contributed by atoms with van der Waals surface area (Å²) in [5.41, 5.74) is -0.328. The first-order valence-corrected chi connectivity index (χ1v) is 4.71. The summed E-state index contributed by atoms with van der Waals surface area (Å²) in [5.74, 6) is 0.211. The third-order valence-corrected chi connectivity index (χ3v) is 2.69. The smallest absolute Gasteiger partial charge is 0.224 e. The van der Waals surface area contributed by atoms with Crippen LogP contribution in [0.1, 0.15) is 34.1 Å². The second-order valence-electron chi connectivity index (χ2n) is 5.28. The predicted octanol–water partition coefficient (Wildman–Crippen LogP) is 0.920. The molecule has 0 aliphatic heterocycles. The monoisotopic (exact) mass is 185 g/mol. The van der Waals surface area contributed by atoms with Crippen LogP contribution in [0.25, 0.3) is 0 Å². The summed E-state index contributed by atoms with van der Waals surface area (Å²) in [6.07, 6.45) is 0.959. The fraction of sp³-hybridized carbons (Fsp3) is 0.900. The van der Waals surface area contributed by atoms with E-state index in [0.717, 1.165) is 6.42 Å². The van der Waals surface area contributed by atoms with Crippen molar-refractivity contribution in [3.63, 3.8) is 0 Å². The number of carbonyl (C=O) groups is 1. The van der Waals surface area contributed by atoms with Gasteiger partial charge in [0.05, 0.1) is 12.1 Å². The lowest BCUT2D eigenvalue weighted by molar-refractivity contribution is -0.125. The molecule has 2 N–H and O–H groups in total. The Hall–Kier alpha value is -0.570. The van der Waals surface area contributed by atoms with Gasteiger partial charge in [-0.25, -0.2) is 0 Å². The molecule has 1 amide bonds. The van der Waals surface area contributed by atoms with Crippen molar-refractivity contribution in [3.8, 4) is 0 Å². The van der Waals surface area contributed by atoms with E-state index in [9.17, 15) is 4.79 Å². The van der Waals surface area contributed by atoms with E-state index in [1.807, 2.05) is 13.8 Å². The van der Waals surface area contributed by atoms with E-state index in [1.165, 1.54) is 0 Å². The van der Waals surface area contributed by atoms with Gasteiger partial charge in [-0.3, -0.25) is 4.79 Å². The summed E-state index contributed by atoms with van der Waals surface area (Å²) in [6.45, 7) is 7.79. The summed E-state index contributed by atoms with van der Waals surface area (Å²) in [7, 11) is 0. The standard InChI is InChI=1S/C10H19NO2/c1-9(2)5-7(9)8(13)11-10(3,4)6-12/h7,12H,5-6H2,1-4H3,(H,11,13). The SMILES string of the molecule is CC(C)(CO)NC(=O)C1CC1(C)C. The van der Waals surface area contributed by atoms with Crippen LogP contribution >= 0.6 is 0 Å². The maximum absolute atomic E-state index is 11.6. The Morgan fingerprint density at radius 3 is 2.38 bits per heavy atom. The Morgan fingerprint density at radius 1 is 1.62 bits per heavy atom. The Morgan fingerprint density at radius 2 is 2.08 bits per heavy atom. The molecular weight excluding hydrogens is 166 g/mol. The van der Waals surface area contributed by atoms with Crippen molar-refractivity contribution in [2.75, 3.05) is 6.61 Å². The molecule has 0 heterocycles. The Balaban J connectivity index is 2.44. The van der Waals surface area contributed by atoms with Crippen molar-refractivity contribution >= 4 is 5.91 Å². The van der Waals surface area contributed by atoms with Crippen LogP contribution in [0.5, 0.6) is 0 Å². The van der Waals surface area contributed by atoms with Crippen molar-refractivity contribution in [1.29, 1.82) is 0 Å². The van der Waals surface area contributed by atoms with Crippen LogP contribution in [0.2, 0.25) is 0 Å². The summed E-state index contributed by atoms with van der Waals surface area (Å²) in [5, 5.41) is 11.8. The highest BCUT2D eigenvalue weighted by Gasteiger charge is 2.51. The lowest BCUT2D eigenvalue weighted by atomic mass is 10.1. The minimum absolute atomic E-state index is 0.0219. The average molecular weight is 185 g/mol. The van der Waals surface area contributed by atoms with E-state index in [-0.39, 0.29) is 23.8 Å². The molecule has 0 aromatic rings. The first kappa shape index (κ1) is 10.5. The van der Waals surface area contributed by atoms with Crippen LogP contribution in [0, 0.1) is 11.3 Å². The van der Waals surface area contributed by atoms with Gasteiger partial charge in [-0.2, -0.15) is 0 Å². The van der Waals surface area contributed by atoms with Crippen LogP contribution in [-0.2, 0) is 4.79 Å². The average Bonchev–Trinajstić information content (AvgIpc) is 2.59. The zero-order valence-corrected chi connectivity index (χ0v) is 8.85. The molecule has 0 saturated heterocycles. The van der Waals surface area contributed by atoms with E-state index in [0.29, 0.717) is 0 Å². The zero-order valence-electron chi connectivity index (χ0n) is 8.85. The summed E-state index contributed by atoms with van der Waals surface area (Å²) in [4.78, 5) is 11.6. The number of rotatable bonds is 3. The maximum atomic E-state index is 11.6. The number of aliphatic hydroxyl groups is 1. The molecule has 1 aliphatic rings. The number of carbonyl (C=O) groups excluding carboxylic acids is 1. The van der Waals surface area contributed by atoms with Crippen LogP contribution in [0.15, 0.2) is 0 Å². The van der Waals surface area contributed by atoms with E-state index in [1.54, 1.807) is 0 Å². The van der Waals surface area contributed by atoms with Gasteiger partial charge >= 0.3 is 0 Å². The van der Waals surface area contributed by atoms with Crippen LogP contribution in [-0.4, -0.2) is 23.2 Å². The number of amides is 1. The van der Waals surface area contributed by atoms with Crippen molar-refractivity contribution in [3.05, 3.63) is 0 Å². The van der Waals surface area contributed by atoms with E-state index >= 15 is 0 Å². The highest BCUT2D eigenvalue weighted by atomic mass is 16.3. The summed E-state index contributed by atoms with van der Waals surface area (Å²) < 4.78 is 0. The molecule has 0 bridgehead atoms. The number of hydrogen-bond acceptors (Lipinski definition) is 2. The fourth-order valence-electron chi connectivity index (χ4n) is 1.37. The molecule has 76 valence electrons. The lowest BCUT2D eigenvalue weighted by Crippen LogP contribution is -2.47. The molecule has 0 radical (unpaired) electrons. The van der Waals surface area contributed by atoms with E-state index < -0.39 is 5.54 Å². The van der Waals surface area contributed by atoms with Crippen LogP contribution in [0.4, 0.5) is 0 Å². The summed E-state index contributed by atoms with van der Waals surface area (Å²) >= 11 is 0. The Labute approximate surface area is 79.5 Å². The molecule has 3 nitrogen and oxygen atoms in total. The highest BCUT2D eigenvalue weighted by Crippen LogP contribution is 2.51. The van der Waals surface area contributed by atoms with Gasteiger partial charge in [0.1, 0.15) is 0 Å². The third kappa shape index (κ3) is 2.44. The molecule has 3 heteroatoms. The molecule has 1 unspecified atom stereocenters. The molecule has 1 saturated carbocycles. The minimum atomic E-state index is -0.490. The van der Waals surface area contributed by atoms with Gasteiger partial charge in [-0.05, 0) is 25.7 Å². The van der Waals surface area contributed by atoms with Crippen molar-refractivity contribution in [2.45, 2.75) is 39.7 Å². The second kappa shape index (κ2) is 2.98. The first-order chi connectivity index (χ1) is 5.78. The van der Waals surface area contributed by atoms with Crippen LogP contribution < -0.4 is 5.32 Å². The minimum Gasteiger partial charge on any atom is -0.394 e. The normalized spacial score (nSPS) is 25.5. The largest absolute Gasteiger partial charge is 0.394 e. The molecule has 1 fully saturated rings. The molecule has 0 spiro atoms. The maximum Gasteiger partial charge on any atom is 0.224 e. The number of nitrogens with one attached hydrogen (secondary N) is 1. The van der Waals surface area contributed by atoms with E-state index in [2.05, 4.69) is 19.2 Å². The second-order valence-corrected chi connectivity index (χ2v) is 5.28. The summed E-state index contributed by atoms with van der Waals surface area (Å²) in [6, 6.07) is 0. The Kier molecular flexibility index (Phi) is 2.41. The zero-order chi connectivity index (χ0) is 10.3. The molecule has 1 rings (SSSR count). The van der Waals surface area contributed by atoms with Crippen molar-refractivity contribution in [2.24, 2.45) is 11.3 Å². The highest BCUT2D eigenvalue weighted by molar-refractivity contribution is 5.83. The van der Waals surface area contributed by atoms with Crippen molar-refractivity contribution < 1.29 is 9.90 Å². The topological polar surface area (TPSA) is 49.3 Å².